The summed E-state index contributed by atoms with van der Waals surface area (Å²) >= 11 is 1.47. The number of aromatic nitrogens is 1. The number of aryl methyl sites for hydroxylation is 1. The third kappa shape index (κ3) is 5.60. The molecule has 3 aliphatic rings. The third-order valence-electron chi connectivity index (χ3n) is 9.63. The predicted molar refractivity (Wildman–Crippen MR) is 157 cm³/mol. The van der Waals surface area contributed by atoms with Crippen LogP contribution in [0, 0.1) is 6.92 Å². The fourth-order valence-corrected chi connectivity index (χ4v) is 7.33. The summed E-state index contributed by atoms with van der Waals surface area (Å²) in [5, 5.41) is 5.55. The first-order chi connectivity index (χ1) is 18.4. The zero-order chi connectivity index (χ0) is 26.2. The first kappa shape index (κ1) is 25.8. The van der Waals surface area contributed by atoms with Crippen molar-refractivity contribution in [2.75, 3.05) is 11.9 Å². The molecule has 1 amide bonds. The number of hydrogen-bond donors (Lipinski definition) is 1. The highest BCUT2D eigenvalue weighted by atomic mass is 32.1. The van der Waals surface area contributed by atoms with Crippen molar-refractivity contribution in [1.82, 2.24) is 9.88 Å². The van der Waals surface area contributed by atoms with Gasteiger partial charge in [0.25, 0.3) is 0 Å². The molecular weight excluding hydrogens is 486 g/mol. The van der Waals surface area contributed by atoms with Crippen LogP contribution in [0.3, 0.4) is 0 Å². The Balaban J connectivity index is 1.08. The highest BCUT2D eigenvalue weighted by molar-refractivity contribution is 7.13. The van der Waals surface area contributed by atoms with Gasteiger partial charge in [-0.2, -0.15) is 0 Å². The van der Waals surface area contributed by atoms with Crippen LogP contribution in [0.5, 0.6) is 0 Å². The number of nitrogens with one attached hydrogen (secondary N) is 1. The topological polar surface area (TPSA) is 45.2 Å². The van der Waals surface area contributed by atoms with Crippen molar-refractivity contribution in [3.05, 3.63) is 82.4 Å². The lowest BCUT2D eigenvalue weighted by Gasteiger charge is -2.41. The van der Waals surface area contributed by atoms with Gasteiger partial charge in [0, 0.05) is 35.5 Å². The Hall–Kier alpha value is -2.50. The minimum absolute atomic E-state index is 0.0137. The maximum Gasteiger partial charge on any atom is 0.227 e. The number of carbonyl (C=O) groups excluding carboxylic acids is 1. The average molecular weight is 528 g/mol. The van der Waals surface area contributed by atoms with Crippen molar-refractivity contribution in [2.45, 2.75) is 101 Å². The molecule has 0 spiro atoms. The summed E-state index contributed by atoms with van der Waals surface area (Å²) in [6, 6.07) is 19.9. The fraction of sp³-hybridized carbons (Fsp3) is 0.515. The molecule has 1 saturated heterocycles. The number of thiazole rings is 1. The monoisotopic (exact) mass is 527 g/mol. The summed E-state index contributed by atoms with van der Waals surface area (Å²) in [6.45, 7) is 5.82. The first-order valence-electron chi connectivity index (χ1n) is 14.6. The van der Waals surface area contributed by atoms with Crippen LogP contribution in [0.4, 0.5) is 5.13 Å². The molecule has 3 aromatic rings. The molecule has 2 saturated carbocycles. The van der Waals surface area contributed by atoms with Gasteiger partial charge in [-0.05, 0) is 93.9 Å². The number of hydrogen-bond acceptors (Lipinski definition) is 4. The predicted octanol–water partition coefficient (Wildman–Crippen LogP) is 7.42. The number of amides is 1. The minimum Gasteiger partial charge on any atom is -0.302 e. The van der Waals surface area contributed by atoms with E-state index in [-0.39, 0.29) is 11.3 Å². The molecule has 200 valence electrons. The number of likely N-dealkylation sites (tertiary alicyclic amines) is 1. The Bertz CT molecular complexity index is 1230. The van der Waals surface area contributed by atoms with Crippen LogP contribution < -0.4 is 5.32 Å². The quantitative estimate of drug-likeness (QED) is 0.298. The maximum atomic E-state index is 12.6. The Labute approximate surface area is 231 Å². The van der Waals surface area contributed by atoms with Crippen molar-refractivity contribution in [2.24, 2.45) is 0 Å². The van der Waals surface area contributed by atoms with Crippen LogP contribution in [0.15, 0.2) is 60.1 Å². The highest BCUT2D eigenvalue weighted by Gasteiger charge is 2.46. The number of carbonyl (C=O) groups is 1. The number of benzene rings is 2. The molecule has 5 heteroatoms. The van der Waals surface area contributed by atoms with Gasteiger partial charge in [0.05, 0.1) is 0 Å². The summed E-state index contributed by atoms with van der Waals surface area (Å²) in [6.07, 6.45) is 13.5. The highest BCUT2D eigenvalue weighted by Crippen LogP contribution is 2.52. The van der Waals surface area contributed by atoms with Crippen LogP contribution in [0.1, 0.15) is 87.0 Å². The molecule has 6 rings (SSSR count). The Morgan fingerprint density at radius 1 is 1.00 bits per heavy atom. The van der Waals surface area contributed by atoms with Crippen molar-refractivity contribution in [3.8, 4) is 0 Å². The largest absolute Gasteiger partial charge is 0.302 e. The van der Waals surface area contributed by atoms with E-state index in [2.05, 4.69) is 77.6 Å². The minimum atomic E-state index is 0.0137. The molecular formula is C33H41N3OS. The molecule has 1 N–H and O–H groups in total. The second-order valence-electron chi connectivity index (χ2n) is 12.3. The van der Waals surface area contributed by atoms with Crippen molar-refractivity contribution in [3.63, 3.8) is 0 Å². The Morgan fingerprint density at radius 2 is 1.68 bits per heavy atom. The van der Waals surface area contributed by atoms with Gasteiger partial charge in [0.15, 0.2) is 5.13 Å². The summed E-state index contributed by atoms with van der Waals surface area (Å²) in [4.78, 5) is 19.6. The van der Waals surface area contributed by atoms with Gasteiger partial charge in [0.2, 0.25) is 5.91 Å². The van der Waals surface area contributed by atoms with Crippen LogP contribution >= 0.6 is 11.3 Å². The van der Waals surface area contributed by atoms with Gasteiger partial charge in [-0.3, -0.25) is 9.69 Å². The van der Waals surface area contributed by atoms with Gasteiger partial charge < -0.3 is 5.32 Å². The van der Waals surface area contributed by atoms with Crippen molar-refractivity contribution < 1.29 is 4.79 Å². The molecule has 2 aromatic carbocycles. The fourth-order valence-electron chi connectivity index (χ4n) is 6.79. The molecule has 3 fully saturated rings. The van der Waals surface area contributed by atoms with E-state index >= 15 is 0 Å². The molecule has 1 aromatic heterocycles. The van der Waals surface area contributed by atoms with Gasteiger partial charge in [0.1, 0.15) is 0 Å². The number of rotatable bonds is 10. The second kappa shape index (κ2) is 10.6. The molecule has 0 bridgehead atoms. The van der Waals surface area contributed by atoms with Gasteiger partial charge >= 0.3 is 0 Å². The summed E-state index contributed by atoms with van der Waals surface area (Å²) in [5.74, 6) is 0.0763. The molecule has 2 heterocycles. The van der Waals surface area contributed by atoms with Crippen molar-refractivity contribution in [1.29, 1.82) is 0 Å². The smallest absolute Gasteiger partial charge is 0.227 e. The van der Waals surface area contributed by atoms with E-state index in [9.17, 15) is 4.79 Å². The number of anilines is 1. The molecule has 1 aliphatic heterocycles. The SMILES string of the molecule is Cc1ccc(C2(CCN3C(C)CCCC3Cc3ccc(C4(CC(=O)Nc5nccs5)CC4)cc3)CC2)cc1. The lowest BCUT2D eigenvalue weighted by atomic mass is 9.87. The third-order valence-corrected chi connectivity index (χ3v) is 10.3. The van der Waals surface area contributed by atoms with Crippen LogP contribution in [0.25, 0.3) is 0 Å². The average Bonchev–Trinajstić information content (AvgIpc) is 3.82. The van der Waals surface area contributed by atoms with Gasteiger partial charge in [-0.25, -0.2) is 4.98 Å². The molecule has 2 atom stereocenters. The second-order valence-corrected chi connectivity index (χ2v) is 13.2. The molecule has 2 aliphatic carbocycles. The van der Waals surface area contributed by atoms with Crippen LogP contribution in [-0.2, 0) is 22.0 Å². The number of piperidine rings is 1. The van der Waals surface area contributed by atoms with E-state index < -0.39 is 0 Å². The summed E-state index contributed by atoms with van der Waals surface area (Å²) in [7, 11) is 0. The Kier molecular flexibility index (Phi) is 7.17. The normalized spacial score (nSPS) is 23.6. The Morgan fingerprint density at radius 3 is 2.34 bits per heavy atom. The lowest BCUT2D eigenvalue weighted by molar-refractivity contribution is -0.116. The van der Waals surface area contributed by atoms with E-state index in [1.807, 2.05) is 5.38 Å². The van der Waals surface area contributed by atoms with Crippen LogP contribution in [0.2, 0.25) is 0 Å². The van der Waals surface area contributed by atoms with E-state index in [4.69, 9.17) is 0 Å². The van der Waals surface area contributed by atoms with Gasteiger partial charge in [-0.1, -0.05) is 60.5 Å². The zero-order valence-electron chi connectivity index (χ0n) is 22.9. The summed E-state index contributed by atoms with van der Waals surface area (Å²) in [5.41, 5.74) is 6.08. The lowest BCUT2D eigenvalue weighted by Crippen LogP contribution is -2.47. The number of nitrogens with zero attached hydrogens (tertiary/aromatic N) is 2. The van der Waals surface area contributed by atoms with E-state index in [1.54, 1.807) is 11.8 Å². The first-order valence-corrected chi connectivity index (χ1v) is 15.4. The van der Waals surface area contributed by atoms with Gasteiger partial charge in [-0.15, -0.1) is 11.3 Å². The van der Waals surface area contributed by atoms with E-state index in [0.717, 1.165) is 19.3 Å². The maximum absolute atomic E-state index is 12.6. The summed E-state index contributed by atoms with van der Waals surface area (Å²) < 4.78 is 0. The molecule has 4 nitrogen and oxygen atoms in total. The van der Waals surface area contributed by atoms with E-state index in [1.165, 1.54) is 73.1 Å². The van der Waals surface area contributed by atoms with Crippen LogP contribution in [-0.4, -0.2) is 34.4 Å². The molecule has 2 unspecified atom stereocenters. The van der Waals surface area contributed by atoms with Crippen molar-refractivity contribution >= 4 is 22.4 Å². The standard InChI is InChI=1S/C33H41N3OS/c1-24-6-10-27(11-7-24)32(14-15-32)18-20-36-25(2)4-3-5-29(36)22-26-8-12-28(13-9-26)33(16-17-33)23-30(37)35-31-34-19-21-38-31/h6-13,19,21,25,29H,3-5,14-18,20,22-23H2,1-2H3,(H,34,35,37). The van der Waals surface area contributed by atoms with E-state index in [0.29, 0.717) is 29.1 Å². The molecule has 38 heavy (non-hydrogen) atoms. The zero-order valence-corrected chi connectivity index (χ0v) is 23.7. The molecule has 0 radical (unpaired) electrons.